The number of hydrazone groups is 1. The fourth-order valence-corrected chi connectivity index (χ4v) is 2.48. The summed E-state index contributed by atoms with van der Waals surface area (Å²) in [7, 11) is 0. The number of rotatable bonds is 6. The molecule has 0 saturated heterocycles. The van der Waals surface area contributed by atoms with Crippen LogP contribution in [0.2, 0.25) is 0 Å². The molecule has 0 unspecified atom stereocenters. The lowest BCUT2D eigenvalue weighted by Gasteiger charge is -2.05. The standard InChI is InChI=1S/C20H14BrN3O4/c21-16-5-3-15(4-6-16)20(25)28-19-11-1-14(2-12-19)13-22-23-17-7-9-18(10-8-17)24(26)27/h1-13,23H/b22-13+. The molecule has 1 N–H and O–H groups in total. The van der Waals surface area contributed by atoms with Gasteiger partial charge in [-0.15, -0.1) is 0 Å². The van der Waals surface area contributed by atoms with Gasteiger partial charge in [0.05, 0.1) is 22.4 Å². The van der Waals surface area contributed by atoms with Gasteiger partial charge in [0, 0.05) is 16.6 Å². The third-order valence-electron chi connectivity index (χ3n) is 3.66. The summed E-state index contributed by atoms with van der Waals surface area (Å²) in [4.78, 5) is 22.3. The molecule has 3 aromatic carbocycles. The van der Waals surface area contributed by atoms with Crippen LogP contribution in [0.3, 0.4) is 0 Å². The zero-order valence-corrected chi connectivity index (χ0v) is 16.0. The number of anilines is 1. The van der Waals surface area contributed by atoms with Crippen LogP contribution in [-0.4, -0.2) is 17.1 Å². The quantitative estimate of drug-likeness (QED) is 0.191. The molecule has 3 aromatic rings. The number of nitrogens with one attached hydrogen (secondary N) is 1. The van der Waals surface area contributed by atoms with Gasteiger partial charge in [-0.1, -0.05) is 15.9 Å². The predicted octanol–water partition coefficient (Wildman–Crippen LogP) is 5.02. The third-order valence-corrected chi connectivity index (χ3v) is 4.18. The Kier molecular flexibility index (Phi) is 6.13. The van der Waals surface area contributed by atoms with Gasteiger partial charge < -0.3 is 4.74 Å². The molecule has 0 heterocycles. The largest absolute Gasteiger partial charge is 0.423 e. The molecular weight excluding hydrogens is 426 g/mol. The van der Waals surface area contributed by atoms with E-state index in [4.69, 9.17) is 4.74 Å². The summed E-state index contributed by atoms with van der Waals surface area (Å²) < 4.78 is 6.21. The van der Waals surface area contributed by atoms with Crippen molar-refractivity contribution in [1.82, 2.24) is 0 Å². The van der Waals surface area contributed by atoms with E-state index in [9.17, 15) is 14.9 Å². The van der Waals surface area contributed by atoms with E-state index in [0.717, 1.165) is 10.0 Å². The Labute approximate surface area is 168 Å². The molecule has 0 amide bonds. The highest BCUT2D eigenvalue weighted by Gasteiger charge is 2.08. The molecule has 0 atom stereocenters. The maximum Gasteiger partial charge on any atom is 0.343 e. The van der Waals surface area contributed by atoms with Crippen molar-refractivity contribution in [3.63, 3.8) is 0 Å². The Bertz CT molecular complexity index is 1000. The van der Waals surface area contributed by atoms with Crippen LogP contribution in [0.4, 0.5) is 11.4 Å². The highest BCUT2D eigenvalue weighted by atomic mass is 79.9. The molecule has 0 spiro atoms. The first-order chi connectivity index (χ1) is 13.5. The summed E-state index contributed by atoms with van der Waals surface area (Å²) >= 11 is 3.32. The van der Waals surface area contributed by atoms with E-state index in [2.05, 4.69) is 26.5 Å². The zero-order chi connectivity index (χ0) is 19.9. The van der Waals surface area contributed by atoms with Gasteiger partial charge in [-0.2, -0.15) is 5.10 Å². The van der Waals surface area contributed by atoms with Crippen molar-refractivity contribution in [3.05, 3.63) is 98.5 Å². The maximum atomic E-state index is 12.1. The number of ether oxygens (including phenoxy) is 1. The predicted molar refractivity (Wildman–Crippen MR) is 110 cm³/mol. The van der Waals surface area contributed by atoms with Crippen molar-refractivity contribution in [2.24, 2.45) is 5.10 Å². The molecule has 0 fully saturated rings. The smallest absolute Gasteiger partial charge is 0.343 e. The van der Waals surface area contributed by atoms with Crippen LogP contribution in [0, 0.1) is 10.1 Å². The summed E-state index contributed by atoms with van der Waals surface area (Å²) in [5.41, 5.74) is 4.68. The van der Waals surface area contributed by atoms with Gasteiger partial charge in [0.25, 0.3) is 5.69 Å². The minimum absolute atomic E-state index is 0.0165. The van der Waals surface area contributed by atoms with Gasteiger partial charge in [-0.25, -0.2) is 4.79 Å². The van der Waals surface area contributed by atoms with E-state index in [1.165, 1.54) is 12.1 Å². The Morgan fingerprint density at radius 1 is 1.00 bits per heavy atom. The van der Waals surface area contributed by atoms with Crippen LogP contribution in [0.5, 0.6) is 5.75 Å². The first kappa shape index (κ1) is 19.2. The van der Waals surface area contributed by atoms with E-state index >= 15 is 0 Å². The monoisotopic (exact) mass is 439 g/mol. The number of non-ortho nitro benzene ring substituents is 1. The lowest BCUT2D eigenvalue weighted by molar-refractivity contribution is -0.384. The number of hydrogen-bond donors (Lipinski definition) is 1. The van der Waals surface area contributed by atoms with Gasteiger partial charge in [0.2, 0.25) is 0 Å². The topological polar surface area (TPSA) is 93.8 Å². The van der Waals surface area contributed by atoms with Crippen molar-refractivity contribution < 1.29 is 14.5 Å². The lowest BCUT2D eigenvalue weighted by atomic mass is 10.2. The van der Waals surface area contributed by atoms with Gasteiger partial charge >= 0.3 is 5.97 Å². The Morgan fingerprint density at radius 3 is 2.25 bits per heavy atom. The second-order valence-corrected chi connectivity index (χ2v) is 6.56. The molecule has 7 nitrogen and oxygen atoms in total. The Balaban J connectivity index is 1.56. The summed E-state index contributed by atoms with van der Waals surface area (Å²) in [5, 5.41) is 14.7. The minimum Gasteiger partial charge on any atom is -0.423 e. The van der Waals surface area contributed by atoms with Crippen LogP contribution >= 0.6 is 15.9 Å². The number of hydrogen-bond acceptors (Lipinski definition) is 6. The summed E-state index contributed by atoms with van der Waals surface area (Å²) in [6, 6.07) is 19.7. The van der Waals surface area contributed by atoms with Gasteiger partial charge in [0.15, 0.2) is 0 Å². The Morgan fingerprint density at radius 2 is 1.64 bits per heavy atom. The number of nitrogens with zero attached hydrogens (tertiary/aromatic N) is 2. The number of carbonyl (C=O) groups excluding carboxylic acids is 1. The number of carbonyl (C=O) groups is 1. The van der Waals surface area contributed by atoms with E-state index in [0.29, 0.717) is 17.0 Å². The van der Waals surface area contributed by atoms with Crippen molar-refractivity contribution in [2.75, 3.05) is 5.43 Å². The number of esters is 1. The minimum atomic E-state index is -0.460. The second kappa shape index (κ2) is 8.92. The van der Waals surface area contributed by atoms with Gasteiger partial charge in [-0.05, 0) is 66.2 Å². The molecule has 28 heavy (non-hydrogen) atoms. The summed E-state index contributed by atoms with van der Waals surface area (Å²) in [5.74, 6) is -0.0119. The molecular formula is C20H14BrN3O4. The van der Waals surface area contributed by atoms with Crippen molar-refractivity contribution in [2.45, 2.75) is 0 Å². The summed E-state index contributed by atoms with van der Waals surface area (Å²) in [6.07, 6.45) is 1.59. The second-order valence-electron chi connectivity index (χ2n) is 5.64. The third kappa shape index (κ3) is 5.24. The first-order valence-electron chi connectivity index (χ1n) is 8.12. The van der Waals surface area contributed by atoms with Crippen molar-refractivity contribution >= 4 is 39.5 Å². The van der Waals surface area contributed by atoms with Crippen LogP contribution in [-0.2, 0) is 0 Å². The molecule has 0 aromatic heterocycles. The SMILES string of the molecule is O=C(Oc1ccc(/C=N/Nc2ccc([N+](=O)[O-])cc2)cc1)c1ccc(Br)cc1. The zero-order valence-electron chi connectivity index (χ0n) is 14.4. The van der Waals surface area contributed by atoms with E-state index in [1.54, 1.807) is 66.9 Å². The van der Waals surface area contributed by atoms with E-state index in [1.807, 2.05) is 0 Å². The fourth-order valence-electron chi connectivity index (χ4n) is 2.21. The van der Waals surface area contributed by atoms with Crippen molar-refractivity contribution in [3.8, 4) is 5.75 Å². The van der Waals surface area contributed by atoms with Crippen molar-refractivity contribution in [1.29, 1.82) is 0 Å². The molecule has 140 valence electrons. The number of benzene rings is 3. The van der Waals surface area contributed by atoms with Crippen LogP contribution in [0.15, 0.2) is 82.4 Å². The highest BCUT2D eigenvalue weighted by Crippen LogP contribution is 2.17. The molecule has 0 saturated carbocycles. The van der Waals surface area contributed by atoms with E-state index < -0.39 is 10.9 Å². The number of nitro groups is 1. The van der Waals surface area contributed by atoms with Gasteiger partial charge in [-0.3, -0.25) is 15.5 Å². The van der Waals surface area contributed by atoms with E-state index in [-0.39, 0.29) is 5.69 Å². The number of nitro benzene ring substituents is 1. The fraction of sp³-hybridized carbons (Fsp3) is 0. The highest BCUT2D eigenvalue weighted by molar-refractivity contribution is 9.10. The summed E-state index contributed by atoms with van der Waals surface area (Å²) in [6.45, 7) is 0. The van der Waals surface area contributed by atoms with Crippen LogP contribution in [0.25, 0.3) is 0 Å². The molecule has 8 heteroatoms. The molecule has 0 aliphatic heterocycles. The first-order valence-corrected chi connectivity index (χ1v) is 8.92. The Hall–Kier alpha value is -3.52. The molecule has 0 aliphatic rings. The van der Waals surface area contributed by atoms with Crippen LogP contribution < -0.4 is 10.2 Å². The average Bonchev–Trinajstić information content (AvgIpc) is 2.70. The normalized spacial score (nSPS) is 10.6. The van der Waals surface area contributed by atoms with Gasteiger partial charge in [0.1, 0.15) is 5.75 Å². The lowest BCUT2D eigenvalue weighted by Crippen LogP contribution is -2.08. The molecule has 0 bridgehead atoms. The average molecular weight is 440 g/mol. The van der Waals surface area contributed by atoms with Crippen LogP contribution in [0.1, 0.15) is 15.9 Å². The molecule has 0 aliphatic carbocycles. The molecule has 0 radical (unpaired) electrons. The molecule has 3 rings (SSSR count). The maximum absolute atomic E-state index is 12.1. The number of halogens is 1.